The molecule has 7 heteroatoms. The average Bonchev–Trinajstić information content (AvgIpc) is 2.55. The van der Waals surface area contributed by atoms with E-state index >= 15 is 0 Å². The number of aromatic amines is 1. The molecule has 0 saturated heterocycles. The van der Waals surface area contributed by atoms with Crippen LogP contribution >= 0.6 is 0 Å². The first-order chi connectivity index (χ1) is 7.41. The van der Waals surface area contributed by atoms with Gasteiger partial charge in [0.1, 0.15) is 5.69 Å². The van der Waals surface area contributed by atoms with Crippen molar-refractivity contribution in [3.8, 4) is 0 Å². The van der Waals surface area contributed by atoms with Gasteiger partial charge in [0.15, 0.2) is 0 Å². The predicted octanol–water partition coefficient (Wildman–Crippen LogP) is 1.37. The summed E-state index contributed by atoms with van der Waals surface area (Å²) in [4.78, 5) is 24.1. The number of hydrogen-bond donors (Lipinski definition) is 1. The van der Waals surface area contributed by atoms with E-state index in [1.54, 1.807) is 0 Å². The van der Waals surface area contributed by atoms with Crippen LogP contribution in [0.15, 0.2) is 29.2 Å². The lowest BCUT2D eigenvalue weighted by atomic mass is 10.2. The molecular weight excluding hydrogens is 225 g/mol. The normalized spacial score (nSPS) is 11.9. The summed E-state index contributed by atoms with van der Waals surface area (Å²) in [6, 6.07) is 4.18. The van der Waals surface area contributed by atoms with Crippen LogP contribution in [-0.2, 0) is 0 Å². The Morgan fingerprint density at radius 1 is 1.31 bits per heavy atom. The Morgan fingerprint density at radius 2 is 2.00 bits per heavy atom. The number of ketones is 1. The number of imidazole rings is 1. The second-order valence-corrected chi connectivity index (χ2v) is 3.09. The Balaban J connectivity index is 2.72. The smallest absolute Gasteiger partial charge is 0.302 e. The minimum Gasteiger partial charge on any atom is -0.302 e. The van der Waals surface area contributed by atoms with Crippen molar-refractivity contribution in [1.82, 2.24) is 9.38 Å². The minimum absolute atomic E-state index is 0.0881. The number of nitrogens with zero attached hydrogens (tertiary/aromatic N) is 1. The standard InChI is InChI=1S/C9H5F3N2O2/c10-9(11,12)7(15)6-5-3-1-2-4-14(5)8(16)13-6/h1-4H,(H,13,16). The summed E-state index contributed by atoms with van der Waals surface area (Å²) in [5, 5.41) is 0. The van der Waals surface area contributed by atoms with E-state index in [1.807, 2.05) is 4.98 Å². The van der Waals surface area contributed by atoms with Crippen LogP contribution in [0, 0.1) is 0 Å². The quantitative estimate of drug-likeness (QED) is 0.752. The third-order valence-electron chi connectivity index (χ3n) is 2.05. The molecule has 4 nitrogen and oxygen atoms in total. The molecule has 0 fully saturated rings. The number of aromatic nitrogens is 2. The fraction of sp³-hybridized carbons (Fsp3) is 0.111. The lowest BCUT2D eigenvalue weighted by Gasteiger charge is -2.02. The van der Waals surface area contributed by atoms with Gasteiger partial charge in [0.25, 0.3) is 5.78 Å². The molecule has 0 amide bonds. The van der Waals surface area contributed by atoms with E-state index in [2.05, 4.69) is 0 Å². The van der Waals surface area contributed by atoms with E-state index in [9.17, 15) is 22.8 Å². The molecule has 0 spiro atoms. The first-order valence-corrected chi connectivity index (χ1v) is 4.22. The molecule has 16 heavy (non-hydrogen) atoms. The topological polar surface area (TPSA) is 54.3 Å². The largest absolute Gasteiger partial charge is 0.456 e. The Morgan fingerprint density at radius 3 is 2.62 bits per heavy atom. The second-order valence-electron chi connectivity index (χ2n) is 3.09. The van der Waals surface area contributed by atoms with Gasteiger partial charge in [-0.3, -0.25) is 9.20 Å². The predicted molar refractivity (Wildman–Crippen MR) is 48.4 cm³/mol. The monoisotopic (exact) mass is 230 g/mol. The number of alkyl halides is 3. The van der Waals surface area contributed by atoms with Crippen molar-refractivity contribution in [2.75, 3.05) is 0 Å². The van der Waals surface area contributed by atoms with Gasteiger partial charge in [0.05, 0.1) is 5.52 Å². The molecule has 0 unspecified atom stereocenters. The zero-order valence-corrected chi connectivity index (χ0v) is 7.71. The van der Waals surface area contributed by atoms with E-state index in [-0.39, 0.29) is 5.52 Å². The van der Waals surface area contributed by atoms with E-state index < -0.39 is 23.3 Å². The maximum absolute atomic E-state index is 12.2. The van der Waals surface area contributed by atoms with E-state index in [1.165, 1.54) is 24.4 Å². The van der Waals surface area contributed by atoms with Gasteiger partial charge < -0.3 is 4.98 Å². The number of rotatable bonds is 1. The highest BCUT2D eigenvalue weighted by Crippen LogP contribution is 2.22. The lowest BCUT2D eigenvalue weighted by Crippen LogP contribution is -2.23. The van der Waals surface area contributed by atoms with Crippen molar-refractivity contribution in [2.45, 2.75) is 6.18 Å². The number of nitrogens with one attached hydrogen (secondary N) is 1. The van der Waals surface area contributed by atoms with Crippen LogP contribution in [0.2, 0.25) is 0 Å². The fourth-order valence-corrected chi connectivity index (χ4v) is 1.37. The SMILES string of the molecule is O=C(c1[nH]c(=O)n2ccccc12)C(F)(F)F. The minimum atomic E-state index is -5.00. The number of pyridine rings is 1. The number of fused-ring (bicyclic) bond motifs is 1. The summed E-state index contributed by atoms with van der Waals surface area (Å²) in [5.74, 6) is -2.06. The number of carbonyl (C=O) groups is 1. The average molecular weight is 230 g/mol. The zero-order chi connectivity index (χ0) is 11.9. The van der Waals surface area contributed by atoms with Crippen LogP contribution < -0.4 is 5.69 Å². The molecule has 0 aliphatic heterocycles. The van der Waals surface area contributed by atoms with Gasteiger partial charge in [-0.2, -0.15) is 13.2 Å². The number of Topliss-reactive ketones (excluding diaryl/α,β-unsaturated/α-hetero) is 1. The molecule has 84 valence electrons. The number of carbonyl (C=O) groups excluding carboxylic acids is 1. The summed E-state index contributed by atoms with van der Waals surface area (Å²) in [6.07, 6.45) is -3.72. The van der Waals surface area contributed by atoms with Gasteiger partial charge in [-0.15, -0.1) is 0 Å². The Labute approximate surface area is 86.3 Å². The molecule has 2 heterocycles. The van der Waals surface area contributed by atoms with Gasteiger partial charge in [0, 0.05) is 6.20 Å². The van der Waals surface area contributed by atoms with Crippen LogP contribution in [-0.4, -0.2) is 21.3 Å². The molecule has 0 atom stereocenters. The summed E-state index contributed by atoms with van der Waals surface area (Å²) >= 11 is 0. The Bertz CT molecular complexity index is 609. The molecule has 2 aromatic rings. The Kier molecular flexibility index (Phi) is 2.11. The number of hydrogen-bond acceptors (Lipinski definition) is 2. The van der Waals surface area contributed by atoms with E-state index in [4.69, 9.17) is 0 Å². The molecule has 0 saturated carbocycles. The maximum atomic E-state index is 12.2. The van der Waals surface area contributed by atoms with Gasteiger partial charge in [-0.05, 0) is 12.1 Å². The van der Waals surface area contributed by atoms with Crippen LogP contribution in [0.4, 0.5) is 13.2 Å². The Hall–Kier alpha value is -2.05. The van der Waals surface area contributed by atoms with E-state index in [0.29, 0.717) is 0 Å². The first kappa shape index (κ1) is 10.5. The summed E-state index contributed by atoms with van der Waals surface area (Å²) in [7, 11) is 0. The van der Waals surface area contributed by atoms with Crippen LogP contribution in [0.3, 0.4) is 0 Å². The molecule has 0 radical (unpaired) electrons. The highest BCUT2D eigenvalue weighted by Gasteiger charge is 2.41. The van der Waals surface area contributed by atoms with Gasteiger partial charge in [0.2, 0.25) is 0 Å². The van der Waals surface area contributed by atoms with Crippen molar-refractivity contribution in [1.29, 1.82) is 0 Å². The summed E-state index contributed by atoms with van der Waals surface area (Å²) in [6.45, 7) is 0. The molecule has 2 rings (SSSR count). The van der Waals surface area contributed by atoms with Crippen molar-refractivity contribution in [3.05, 3.63) is 40.6 Å². The molecular formula is C9H5F3N2O2. The molecule has 0 bridgehead atoms. The molecule has 2 aromatic heterocycles. The third-order valence-corrected chi connectivity index (χ3v) is 2.05. The van der Waals surface area contributed by atoms with Crippen molar-refractivity contribution < 1.29 is 18.0 Å². The van der Waals surface area contributed by atoms with E-state index in [0.717, 1.165) is 4.40 Å². The zero-order valence-electron chi connectivity index (χ0n) is 7.71. The maximum Gasteiger partial charge on any atom is 0.456 e. The number of H-pyrrole nitrogens is 1. The highest BCUT2D eigenvalue weighted by molar-refractivity contribution is 6.04. The van der Waals surface area contributed by atoms with Crippen LogP contribution in [0.5, 0.6) is 0 Å². The first-order valence-electron chi connectivity index (χ1n) is 4.22. The van der Waals surface area contributed by atoms with Gasteiger partial charge in [-0.25, -0.2) is 4.79 Å². The lowest BCUT2D eigenvalue weighted by molar-refractivity contribution is -0.0887. The highest BCUT2D eigenvalue weighted by atomic mass is 19.4. The van der Waals surface area contributed by atoms with Crippen molar-refractivity contribution >= 4 is 11.3 Å². The van der Waals surface area contributed by atoms with Crippen molar-refractivity contribution in [2.24, 2.45) is 0 Å². The van der Waals surface area contributed by atoms with Crippen LogP contribution in [0.25, 0.3) is 5.52 Å². The molecule has 0 aliphatic rings. The summed E-state index contributed by atoms with van der Waals surface area (Å²) in [5.41, 5.74) is -1.60. The molecule has 0 aromatic carbocycles. The summed E-state index contributed by atoms with van der Waals surface area (Å²) < 4.78 is 37.5. The van der Waals surface area contributed by atoms with Gasteiger partial charge >= 0.3 is 11.9 Å². The van der Waals surface area contributed by atoms with Crippen LogP contribution in [0.1, 0.15) is 10.5 Å². The molecule has 0 aliphatic carbocycles. The molecule has 1 N–H and O–H groups in total. The van der Waals surface area contributed by atoms with Crippen molar-refractivity contribution in [3.63, 3.8) is 0 Å². The third kappa shape index (κ3) is 1.50. The fourth-order valence-electron chi connectivity index (χ4n) is 1.37. The second kappa shape index (κ2) is 3.22. The van der Waals surface area contributed by atoms with Gasteiger partial charge in [-0.1, -0.05) is 6.07 Å². The number of halogens is 3.